The fraction of sp³-hybridized carbons (Fsp3) is 1.00. The Bertz CT molecular complexity index is 271. The van der Waals surface area contributed by atoms with Crippen molar-refractivity contribution < 1.29 is 21.6 Å². The molecule has 0 aromatic carbocycles. The van der Waals surface area contributed by atoms with Crippen LogP contribution in [0.25, 0.3) is 0 Å². The van der Waals surface area contributed by atoms with Crippen molar-refractivity contribution in [3.8, 4) is 0 Å². The molecule has 0 spiro atoms. The predicted molar refractivity (Wildman–Crippen MR) is 61.6 cm³/mol. The fourth-order valence-corrected chi connectivity index (χ4v) is 2.30. The van der Waals surface area contributed by atoms with Crippen molar-refractivity contribution in [1.82, 2.24) is 0 Å². The minimum Gasteiger partial charge on any atom is -0.726 e. The fourth-order valence-electron chi connectivity index (χ4n) is 2.01. The first-order chi connectivity index (χ1) is 7.33. The van der Waals surface area contributed by atoms with Gasteiger partial charge in [0, 0.05) is 12.8 Å². The monoisotopic (exact) mass is 253 g/mol. The Morgan fingerprint density at radius 3 is 2.00 bits per heavy atom. The summed E-state index contributed by atoms with van der Waals surface area (Å²) in [6, 6.07) is 0. The molecule has 1 saturated heterocycles. The molecule has 0 aromatic rings. The molecular formula is C10H23NO4S. The smallest absolute Gasteiger partial charge is 0.217 e. The SMILES string of the molecule is CCC[N+]1(C)CCCC1.CCOS(=O)(=O)[O-]. The van der Waals surface area contributed by atoms with Gasteiger partial charge in [0.05, 0.1) is 33.3 Å². The zero-order valence-corrected chi connectivity index (χ0v) is 11.3. The molecule has 0 unspecified atom stereocenters. The largest absolute Gasteiger partial charge is 0.726 e. The molecule has 0 saturated carbocycles. The van der Waals surface area contributed by atoms with E-state index in [1.54, 1.807) is 0 Å². The van der Waals surface area contributed by atoms with Crippen molar-refractivity contribution in [3.63, 3.8) is 0 Å². The lowest BCUT2D eigenvalue weighted by Crippen LogP contribution is -2.41. The van der Waals surface area contributed by atoms with Gasteiger partial charge in [-0.15, -0.1) is 0 Å². The van der Waals surface area contributed by atoms with Gasteiger partial charge in [0.15, 0.2) is 0 Å². The van der Waals surface area contributed by atoms with E-state index >= 15 is 0 Å². The molecular weight excluding hydrogens is 230 g/mol. The van der Waals surface area contributed by atoms with Crippen molar-refractivity contribution in [2.24, 2.45) is 0 Å². The first kappa shape index (κ1) is 15.8. The molecule has 1 rings (SSSR count). The van der Waals surface area contributed by atoms with Gasteiger partial charge in [-0.1, -0.05) is 6.92 Å². The average molecular weight is 253 g/mol. The zero-order valence-electron chi connectivity index (χ0n) is 10.4. The first-order valence-electron chi connectivity index (χ1n) is 5.77. The van der Waals surface area contributed by atoms with Crippen LogP contribution >= 0.6 is 0 Å². The van der Waals surface area contributed by atoms with Gasteiger partial charge in [0.1, 0.15) is 0 Å². The summed E-state index contributed by atoms with van der Waals surface area (Å²) < 4.78 is 33.4. The molecule has 0 aromatic heterocycles. The van der Waals surface area contributed by atoms with Gasteiger partial charge in [-0.25, -0.2) is 8.42 Å². The Hall–Kier alpha value is -0.170. The summed E-state index contributed by atoms with van der Waals surface area (Å²) in [4.78, 5) is 0. The Kier molecular flexibility index (Phi) is 7.14. The third kappa shape index (κ3) is 8.04. The number of hydrogen-bond acceptors (Lipinski definition) is 4. The maximum atomic E-state index is 9.45. The standard InChI is InChI=1S/C8H18N.C2H6O4S/c1-3-6-9(2)7-4-5-8-9;1-2-6-7(3,4)5/h3-8H2,1-2H3;2H2,1H3,(H,3,4,5)/q+1;/p-1. The van der Waals surface area contributed by atoms with Crippen LogP contribution in [0.1, 0.15) is 33.1 Å². The lowest BCUT2D eigenvalue weighted by molar-refractivity contribution is -0.897. The van der Waals surface area contributed by atoms with Crippen LogP contribution in [0, 0.1) is 0 Å². The van der Waals surface area contributed by atoms with E-state index in [9.17, 15) is 13.0 Å². The minimum absolute atomic E-state index is 0.0914. The summed E-state index contributed by atoms with van der Waals surface area (Å²) in [6.07, 6.45) is 4.25. The summed E-state index contributed by atoms with van der Waals surface area (Å²) in [6.45, 7) is 7.85. The average Bonchev–Trinajstić information content (AvgIpc) is 2.51. The third-order valence-corrected chi connectivity index (χ3v) is 3.20. The van der Waals surface area contributed by atoms with Crippen LogP contribution in [-0.4, -0.2) is 50.7 Å². The number of hydrogen-bond donors (Lipinski definition) is 0. The molecule has 16 heavy (non-hydrogen) atoms. The Morgan fingerprint density at radius 1 is 1.25 bits per heavy atom. The van der Waals surface area contributed by atoms with E-state index in [4.69, 9.17) is 0 Å². The van der Waals surface area contributed by atoms with Crippen LogP contribution in [-0.2, 0) is 14.6 Å². The van der Waals surface area contributed by atoms with Gasteiger partial charge in [-0.2, -0.15) is 0 Å². The van der Waals surface area contributed by atoms with Crippen molar-refractivity contribution >= 4 is 10.4 Å². The highest BCUT2D eigenvalue weighted by Crippen LogP contribution is 2.15. The van der Waals surface area contributed by atoms with E-state index < -0.39 is 10.4 Å². The Labute approximate surface area is 98.9 Å². The summed E-state index contributed by atoms with van der Waals surface area (Å²) >= 11 is 0. The van der Waals surface area contributed by atoms with Crippen molar-refractivity contribution in [2.75, 3.05) is 33.3 Å². The van der Waals surface area contributed by atoms with Crippen LogP contribution in [0.4, 0.5) is 0 Å². The van der Waals surface area contributed by atoms with E-state index in [0.29, 0.717) is 0 Å². The highest BCUT2D eigenvalue weighted by molar-refractivity contribution is 7.80. The molecule has 5 nitrogen and oxygen atoms in total. The lowest BCUT2D eigenvalue weighted by Gasteiger charge is -2.28. The third-order valence-electron chi connectivity index (χ3n) is 2.67. The van der Waals surface area contributed by atoms with E-state index in [1.165, 1.54) is 50.3 Å². The second-order valence-corrected chi connectivity index (χ2v) is 5.36. The van der Waals surface area contributed by atoms with E-state index in [0.717, 1.165) is 0 Å². The maximum Gasteiger partial charge on any atom is 0.217 e. The molecule has 0 N–H and O–H groups in total. The molecule has 1 fully saturated rings. The van der Waals surface area contributed by atoms with Crippen molar-refractivity contribution in [2.45, 2.75) is 33.1 Å². The van der Waals surface area contributed by atoms with Gasteiger partial charge in [0.25, 0.3) is 0 Å². The highest BCUT2D eigenvalue weighted by atomic mass is 32.3. The summed E-state index contributed by atoms with van der Waals surface area (Å²) in [5.41, 5.74) is 0. The number of nitrogens with zero attached hydrogens (tertiary/aromatic N) is 1. The minimum atomic E-state index is -4.42. The Balaban J connectivity index is 0.000000293. The van der Waals surface area contributed by atoms with Crippen LogP contribution in [0.15, 0.2) is 0 Å². The topological polar surface area (TPSA) is 66.4 Å². The van der Waals surface area contributed by atoms with Gasteiger partial charge < -0.3 is 9.04 Å². The van der Waals surface area contributed by atoms with Gasteiger partial charge in [-0.3, -0.25) is 4.18 Å². The molecule has 0 bridgehead atoms. The molecule has 0 aliphatic carbocycles. The molecule has 0 atom stereocenters. The van der Waals surface area contributed by atoms with E-state index in [-0.39, 0.29) is 6.61 Å². The van der Waals surface area contributed by atoms with Crippen molar-refractivity contribution in [1.29, 1.82) is 0 Å². The molecule has 1 aliphatic heterocycles. The van der Waals surface area contributed by atoms with Crippen molar-refractivity contribution in [3.05, 3.63) is 0 Å². The highest BCUT2D eigenvalue weighted by Gasteiger charge is 2.24. The quantitative estimate of drug-likeness (QED) is 0.428. The molecule has 98 valence electrons. The first-order valence-corrected chi connectivity index (χ1v) is 7.10. The summed E-state index contributed by atoms with van der Waals surface area (Å²) in [7, 11) is -2.04. The van der Waals surface area contributed by atoms with Gasteiger partial charge in [0.2, 0.25) is 10.4 Å². The van der Waals surface area contributed by atoms with Crippen LogP contribution < -0.4 is 0 Å². The zero-order chi connectivity index (χ0) is 12.7. The summed E-state index contributed by atoms with van der Waals surface area (Å²) in [5, 5.41) is 0. The Morgan fingerprint density at radius 2 is 1.75 bits per heavy atom. The van der Waals surface area contributed by atoms with Gasteiger partial charge in [-0.05, 0) is 13.3 Å². The van der Waals surface area contributed by atoms with Gasteiger partial charge >= 0.3 is 0 Å². The number of rotatable bonds is 4. The molecule has 0 amide bonds. The lowest BCUT2D eigenvalue weighted by atomic mass is 10.4. The van der Waals surface area contributed by atoms with Crippen LogP contribution in [0.5, 0.6) is 0 Å². The second kappa shape index (κ2) is 7.21. The van der Waals surface area contributed by atoms with E-state index in [2.05, 4.69) is 18.2 Å². The molecule has 0 radical (unpaired) electrons. The molecule has 1 aliphatic rings. The summed E-state index contributed by atoms with van der Waals surface area (Å²) in [5.74, 6) is 0. The van der Waals surface area contributed by atoms with Crippen LogP contribution in [0.2, 0.25) is 0 Å². The number of likely N-dealkylation sites (tertiary alicyclic amines) is 1. The molecule has 6 heteroatoms. The van der Waals surface area contributed by atoms with E-state index in [1.807, 2.05) is 0 Å². The maximum absolute atomic E-state index is 9.45. The number of quaternary nitrogens is 1. The second-order valence-electron chi connectivity index (χ2n) is 4.31. The molecule has 1 heterocycles. The van der Waals surface area contributed by atoms with Crippen LogP contribution in [0.3, 0.4) is 0 Å². The normalized spacial score (nSPS) is 19.0. The predicted octanol–water partition coefficient (Wildman–Crippen LogP) is 1.12.